The Morgan fingerprint density at radius 2 is 2.10 bits per heavy atom. The monoisotopic (exact) mass is 280 g/mol. The molecule has 0 aromatic heterocycles. The minimum absolute atomic E-state index is 0.266. The highest BCUT2D eigenvalue weighted by molar-refractivity contribution is 5.90. The van der Waals surface area contributed by atoms with Crippen molar-refractivity contribution in [1.82, 2.24) is 5.32 Å². The molecule has 5 nitrogen and oxygen atoms in total. The molecule has 0 radical (unpaired) electrons. The van der Waals surface area contributed by atoms with E-state index < -0.39 is 0 Å². The molecule has 0 fully saturated rings. The third kappa shape index (κ3) is 6.04. The minimum Gasteiger partial charge on any atom is -0.393 e. The summed E-state index contributed by atoms with van der Waals surface area (Å²) in [5.74, 6) is 0. The molecule has 0 aliphatic carbocycles. The fourth-order valence-electron chi connectivity index (χ4n) is 1.70. The van der Waals surface area contributed by atoms with Crippen LogP contribution in [0.2, 0.25) is 0 Å². The Balaban J connectivity index is 2.44. The molecule has 20 heavy (non-hydrogen) atoms. The third-order valence-electron chi connectivity index (χ3n) is 2.96. The lowest BCUT2D eigenvalue weighted by molar-refractivity contribution is 0.134. The number of nitrogens with one attached hydrogen (secondary N) is 2. The Bertz CT molecular complexity index is 410. The maximum Gasteiger partial charge on any atom is 0.319 e. The summed E-state index contributed by atoms with van der Waals surface area (Å²) in [5.41, 5.74) is 1.69. The van der Waals surface area contributed by atoms with E-state index >= 15 is 0 Å². The number of benzene rings is 1. The van der Waals surface area contributed by atoms with Crippen LogP contribution in [-0.4, -0.2) is 30.4 Å². The summed E-state index contributed by atoms with van der Waals surface area (Å²) in [5, 5.41) is 14.9. The van der Waals surface area contributed by atoms with Gasteiger partial charge in [-0.05, 0) is 25.8 Å². The number of ether oxygens (including phenoxy) is 1. The lowest BCUT2D eigenvalue weighted by Gasteiger charge is -2.13. The van der Waals surface area contributed by atoms with Crippen molar-refractivity contribution in [3.8, 4) is 0 Å². The Morgan fingerprint density at radius 1 is 1.35 bits per heavy atom. The second-order valence-electron chi connectivity index (χ2n) is 4.53. The normalized spacial score (nSPS) is 11.9. The maximum absolute atomic E-state index is 11.8. The van der Waals surface area contributed by atoms with E-state index in [1.54, 1.807) is 0 Å². The first kappa shape index (κ1) is 16.5. The number of anilines is 1. The highest BCUT2D eigenvalue weighted by atomic mass is 16.5. The molecule has 112 valence electrons. The van der Waals surface area contributed by atoms with Gasteiger partial charge in [-0.1, -0.05) is 25.1 Å². The van der Waals surface area contributed by atoms with Crippen molar-refractivity contribution in [3.05, 3.63) is 29.8 Å². The van der Waals surface area contributed by atoms with Crippen molar-refractivity contribution in [2.24, 2.45) is 0 Å². The van der Waals surface area contributed by atoms with Crippen molar-refractivity contribution in [2.45, 2.75) is 39.4 Å². The molecule has 0 saturated heterocycles. The fraction of sp³-hybridized carbons (Fsp3) is 0.533. The summed E-state index contributed by atoms with van der Waals surface area (Å²) in [6, 6.07) is 7.28. The van der Waals surface area contributed by atoms with E-state index in [0.717, 1.165) is 11.3 Å². The van der Waals surface area contributed by atoms with Gasteiger partial charge >= 0.3 is 6.03 Å². The summed E-state index contributed by atoms with van der Waals surface area (Å²) in [6.07, 6.45) is 0.894. The van der Waals surface area contributed by atoms with Crippen LogP contribution >= 0.6 is 0 Å². The molecule has 2 amide bonds. The van der Waals surface area contributed by atoms with Gasteiger partial charge in [0.05, 0.1) is 12.7 Å². The molecule has 3 N–H and O–H groups in total. The number of aliphatic hydroxyl groups is 1. The maximum atomic E-state index is 11.8. The first-order valence-corrected chi connectivity index (χ1v) is 7.05. The number of para-hydroxylation sites is 1. The molecule has 1 aromatic carbocycles. The standard InChI is InChI=1S/C15H24N2O3/c1-3-13(18)9-10-16-15(19)17-14-8-6-5-7-12(14)11-20-4-2/h5-8,13,18H,3-4,9-11H2,1-2H3,(H2,16,17,19). The van der Waals surface area contributed by atoms with Crippen LogP contribution in [0.1, 0.15) is 32.3 Å². The van der Waals surface area contributed by atoms with Crippen LogP contribution in [0.15, 0.2) is 24.3 Å². The Hall–Kier alpha value is -1.59. The summed E-state index contributed by atoms with van der Waals surface area (Å²) in [7, 11) is 0. The number of urea groups is 1. The summed E-state index contributed by atoms with van der Waals surface area (Å²) < 4.78 is 5.36. The Morgan fingerprint density at radius 3 is 2.80 bits per heavy atom. The topological polar surface area (TPSA) is 70.6 Å². The lowest BCUT2D eigenvalue weighted by atomic mass is 10.2. The largest absolute Gasteiger partial charge is 0.393 e. The molecular formula is C15H24N2O3. The van der Waals surface area contributed by atoms with Gasteiger partial charge in [-0.25, -0.2) is 4.79 Å². The van der Waals surface area contributed by atoms with Gasteiger partial charge in [-0.3, -0.25) is 0 Å². The Kier molecular flexibility index (Phi) is 7.69. The predicted molar refractivity (Wildman–Crippen MR) is 79.7 cm³/mol. The quantitative estimate of drug-likeness (QED) is 0.685. The van der Waals surface area contributed by atoms with Gasteiger partial charge in [-0.2, -0.15) is 0 Å². The molecule has 0 saturated carbocycles. The van der Waals surface area contributed by atoms with Crippen LogP contribution in [0.3, 0.4) is 0 Å². The van der Waals surface area contributed by atoms with E-state index in [4.69, 9.17) is 4.74 Å². The zero-order valence-electron chi connectivity index (χ0n) is 12.2. The predicted octanol–water partition coefficient (Wildman–Crippen LogP) is 2.51. The van der Waals surface area contributed by atoms with E-state index in [1.807, 2.05) is 38.1 Å². The van der Waals surface area contributed by atoms with Gasteiger partial charge in [0.25, 0.3) is 0 Å². The van der Waals surface area contributed by atoms with Gasteiger partial charge in [0.15, 0.2) is 0 Å². The summed E-state index contributed by atoms with van der Waals surface area (Å²) in [6.45, 7) is 5.40. The van der Waals surface area contributed by atoms with Gasteiger partial charge in [-0.15, -0.1) is 0 Å². The number of carbonyl (C=O) groups excluding carboxylic acids is 1. The van der Waals surface area contributed by atoms with Crippen LogP contribution in [-0.2, 0) is 11.3 Å². The molecular weight excluding hydrogens is 256 g/mol. The molecule has 1 rings (SSSR count). The first-order valence-electron chi connectivity index (χ1n) is 7.05. The highest BCUT2D eigenvalue weighted by Crippen LogP contribution is 2.15. The number of aliphatic hydroxyl groups excluding tert-OH is 1. The average molecular weight is 280 g/mol. The van der Waals surface area contributed by atoms with E-state index in [-0.39, 0.29) is 12.1 Å². The highest BCUT2D eigenvalue weighted by Gasteiger charge is 2.07. The minimum atomic E-state index is -0.361. The van der Waals surface area contributed by atoms with Gasteiger partial charge in [0, 0.05) is 24.4 Å². The summed E-state index contributed by atoms with van der Waals surface area (Å²) >= 11 is 0. The molecule has 1 atom stereocenters. The van der Waals surface area contributed by atoms with E-state index in [9.17, 15) is 9.90 Å². The van der Waals surface area contributed by atoms with Gasteiger partial charge < -0.3 is 20.5 Å². The lowest BCUT2D eigenvalue weighted by Crippen LogP contribution is -2.31. The van der Waals surface area contributed by atoms with Gasteiger partial charge in [0.1, 0.15) is 0 Å². The van der Waals surface area contributed by atoms with E-state index in [2.05, 4.69) is 10.6 Å². The van der Waals surface area contributed by atoms with Crippen molar-refractivity contribution in [1.29, 1.82) is 0 Å². The smallest absolute Gasteiger partial charge is 0.319 e. The number of hydrogen-bond donors (Lipinski definition) is 3. The molecule has 1 aromatic rings. The number of hydrogen-bond acceptors (Lipinski definition) is 3. The van der Waals surface area contributed by atoms with Crippen LogP contribution in [0.4, 0.5) is 10.5 Å². The summed E-state index contributed by atoms with van der Waals surface area (Å²) in [4.78, 5) is 11.8. The number of rotatable bonds is 8. The van der Waals surface area contributed by atoms with Gasteiger partial charge in [0.2, 0.25) is 0 Å². The third-order valence-corrected chi connectivity index (χ3v) is 2.96. The van der Waals surface area contributed by atoms with Crippen molar-refractivity contribution in [2.75, 3.05) is 18.5 Å². The molecule has 0 aliphatic heterocycles. The van der Waals surface area contributed by atoms with Crippen LogP contribution < -0.4 is 10.6 Å². The Labute approximate surface area is 120 Å². The SMILES string of the molecule is CCOCc1ccccc1NC(=O)NCCC(O)CC. The molecule has 0 aliphatic rings. The first-order chi connectivity index (χ1) is 9.67. The molecule has 0 spiro atoms. The second kappa shape index (κ2) is 9.34. The van der Waals surface area contributed by atoms with Crippen molar-refractivity contribution in [3.63, 3.8) is 0 Å². The van der Waals surface area contributed by atoms with Crippen molar-refractivity contribution < 1.29 is 14.6 Å². The average Bonchev–Trinajstić information content (AvgIpc) is 2.46. The zero-order chi connectivity index (χ0) is 14.8. The number of amides is 2. The zero-order valence-corrected chi connectivity index (χ0v) is 12.2. The molecule has 5 heteroatoms. The number of carbonyl (C=O) groups is 1. The van der Waals surface area contributed by atoms with E-state index in [0.29, 0.717) is 32.6 Å². The van der Waals surface area contributed by atoms with Crippen LogP contribution in [0, 0.1) is 0 Å². The molecule has 1 unspecified atom stereocenters. The fourth-order valence-corrected chi connectivity index (χ4v) is 1.70. The van der Waals surface area contributed by atoms with Crippen LogP contribution in [0.25, 0.3) is 0 Å². The van der Waals surface area contributed by atoms with E-state index in [1.165, 1.54) is 0 Å². The van der Waals surface area contributed by atoms with Crippen molar-refractivity contribution >= 4 is 11.7 Å². The molecule has 0 bridgehead atoms. The second-order valence-corrected chi connectivity index (χ2v) is 4.53. The van der Waals surface area contributed by atoms with Crippen LogP contribution in [0.5, 0.6) is 0 Å². The molecule has 0 heterocycles.